The van der Waals surface area contributed by atoms with Gasteiger partial charge in [-0.15, -0.1) is 0 Å². The van der Waals surface area contributed by atoms with Gasteiger partial charge < -0.3 is 15.8 Å². The molecule has 0 fully saturated rings. The summed E-state index contributed by atoms with van der Waals surface area (Å²) in [7, 11) is 1.51. The number of hydrogen-bond acceptors (Lipinski definition) is 5. The molecule has 0 aromatic heterocycles. The summed E-state index contributed by atoms with van der Waals surface area (Å²) in [4.78, 5) is 23.7. The number of halogens is 1. The SMILES string of the molecule is COc1ccc(/C=N/NC(=O)CNC(=O)C2=CC(F)=CC=CC2)cc1N. The quantitative estimate of drug-likeness (QED) is 0.408. The van der Waals surface area contributed by atoms with Gasteiger partial charge in [-0.3, -0.25) is 9.59 Å². The minimum atomic E-state index is -0.517. The first-order valence-electron chi connectivity index (χ1n) is 7.76. The monoisotopic (exact) mass is 358 g/mol. The third-order valence-corrected chi connectivity index (χ3v) is 3.40. The first-order chi connectivity index (χ1) is 12.5. The average molecular weight is 358 g/mol. The Morgan fingerprint density at radius 1 is 1.42 bits per heavy atom. The molecule has 1 aromatic rings. The fourth-order valence-corrected chi connectivity index (χ4v) is 2.11. The van der Waals surface area contributed by atoms with Crippen LogP contribution in [-0.4, -0.2) is 31.7 Å². The Morgan fingerprint density at radius 2 is 2.23 bits per heavy atom. The van der Waals surface area contributed by atoms with Gasteiger partial charge >= 0.3 is 0 Å². The molecule has 1 aliphatic carbocycles. The Balaban J connectivity index is 1.82. The van der Waals surface area contributed by atoms with Crippen LogP contribution in [0.2, 0.25) is 0 Å². The van der Waals surface area contributed by atoms with Crippen LogP contribution in [0.5, 0.6) is 5.75 Å². The van der Waals surface area contributed by atoms with Crippen molar-refractivity contribution < 1.29 is 18.7 Å². The molecule has 0 aliphatic heterocycles. The number of nitrogens with two attached hydrogens (primary N) is 1. The van der Waals surface area contributed by atoms with Gasteiger partial charge in [0.1, 0.15) is 11.6 Å². The van der Waals surface area contributed by atoms with Gasteiger partial charge in [-0.25, -0.2) is 9.82 Å². The highest BCUT2D eigenvalue weighted by Crippen LogP contribution is 2.20. The summed E-state index contributed by atoms with van der Waals surface area (Å²) < 4.78 is 18.3. The summed E-state index contributed by atoms with van der Waals surface area (Å²) in [5.41, 5.74) is 9.41. The largest absolute Gasteiger partial charge is 0.495 e. The van der Waals surface area contributed by atoms with Crippen LogP contribution in [0.3, 0.4) is 0 Å². The highest BCUT2D eigenvalue weighted by atomic mass is 19.1. The molecule has 0 saturated carbocycles. The number of nitrogen functional groups attached to an aromatic ring is 1. The van der Waals surface area contributed by atoms with E-state index in [2.05, 4.69) is 15.8 Å². The molecule has 4 N–H and O–H groups in total. The summed E-state index contributed by atoms with van der Waals surface area (Å²) in [6.07, 6.45) is 7.28. The van der Waals surface area contributed by atoms with Crippen LogP contribution in [0.4, 0.5) is 10.1 Å². The number of ether oxygens (including phenoxy) is 1. The topological polar surface area (TPSA) is 106 Å². The van der Waals surface area contributed by atoms with Crippen molar-refractivity contribution in [1.29, 1.82) is 0 Å². The summed E-state index contributed by atoms with van der Waals surface area (Å²) in [5, 5.41) is 6.20. The van der Waals surface area contributed by atoms with E-state index in [9.17, 15) is 14.0 Å². The van der Waals surface area contributed by atoms with Gasteiger partial charge in [0.25, 0.3) is 5.91 Å². The molecule has 7 nitrogen and oxygen atoms in total. The zero-order valence-electron chi connectivity index (χ0n) is 14.2. The summed E-state index contributed by atoms with van der Waals surface area (Å²) in [5.74, 6) is -1.00. The number of rotatable bonds is 6. The van der Waals surface area contributed by atoms with Gasteiger partial charge in [-0.2, -0.15) is 5.10 Å². The number of carbonyl (C=O) groups is 2. The highest BCUT2D eigenvalue weighted by Gasteiger charge is 2.11. The Labute approximate surface area is 150 Å². The molecule has 0 bridgehead atoms. The van der Waals surface area contributed by atoms with Crippen molar-refractivity contribution >= 4 is 23.7 Å². The molecular formula is C18H19FN4O3. The Bertz CT molecular complexity index is 813. The van der Waals surface area contributed by atoms with Crippen LogP contribution in [0.25, 0.3) is 0 Å². The van der Waals surface area contributed by atoms with E-state index < -0.39 is 17.6 Å². The number of hydrogen-bond donors (Lipinski definition) is 3. The number of amides is 2. The van der Waals surface area contributed by atoms with Crippen LogP contribution in [0.1, 0.15) is 12.0 Å². The van der Waals surface area contributed by atoms with Crippen LogP contribution in [0.15, 0.2) is 59.0 Å². The molecule has 0 saturated heterocycles. The number of anilines is 1. The molecule has 2 amide bonds. The lowest BCUT2D eigenvalue weighted by Gasteiger charge is -2.06. The number of methoxy groups -OCH3 is 1. The van der Waals surface area contributed by atoms with Gasteiger partial charge in [0.05, 0.1) is 25.6 Å². The van der Waals surface area contributed by atoms with E-state index in [1.165, 1.54) is 25.5 Å². The third-order valence-electron chi connectivity index (χ3n) is 3.40. The lowest BCUT2D eigenvalue weighted by molar-refractivity contribution is -0.124. The summed E-state index contributed by atoms with van der Waals surface area (Å²) >= 11 is 0. The molecule has 0 spiro atoms. The van der Waals surface area contributed by atoms with Crippen LogP contribution < -0.4 is 21.2 Å². The van der Waals surface area contributed by atoms with Gasteiger partial charge in [-0.1, -0.05) is 12.2 Å². The average Bonchev–Trinajstić information content (AvgIpc) is 2.84. The molecule has 8 heteroatoms. The van der Waals surface area contributed by atoms with Crippen molar-refractivity contribution in [3.8, 4) is 5.75 Å². The second-order valence-corrected chi connectivity index (χ2v) is 5.33. The van der Waals surface area contributed by atoms with Crippen LogP contribution >= 0.6 is 0 Å². The Kier molecular flexibility index (Phi) is 6.67. The maximum Gasteiger partial charge on any atom is 0.259 e. The molecule has 1 aliphatic rings. The second kappa shape index (κ2) is 9.16. The smallest absolute Gasteiger partial charge is 0.259 e. The van der Waals surface area contributed by atoms with Crippen molar-refractivity contribution in [3.05, 3.63) is 59.5 Å². The first kappa shape index (κ1) is 18.9. The zero-order chi connectivity index (χ0) is 18.9. The molecule has 0 heterocycles. The number of allylic oxidation sites excluding steroid dienone is 5. The fraction of sp³-hybridized carbons (Fsp3) is 0.167. The van der Waals surface area contributed by atoms with Crippen LogP contribution in [0, 0.1) is 0 Å². The number of benzene rings is 1. The van der Waals surface area contributed by atoms with Gasteiger partial charge in [0.15, 0.2) is 0 Å². The second-order valence-electron chi connectivity index (χ2n) is 5.33. The molecular weight excluding hydrogens is 339 g/mol. The molecule has 0 unspecified atom stereocenters. The van der Waals surface area contributed by atoms with E-state index >= 15 is 0 Å². The minimum absolute atomic E-state index is 0.234. The molecule has 0 radical (unpaired) electrons. The van der Waals surface area contributed by atoms with E-state index in [4.69, 9.17) is 10.5 Å². The molecule has 136 valence electrons. The fourth-order valence-electron chi connectivity index (χ4n) is 2.11. The number of carbonyl (C=O) groups excluding carboxylic acids is 2. The molecule has 26 heavy (non-hydrogen) atoms. The first-order valence-corrected chi connectivity index (χ1v) is 7.76. The predicted molar refractivity (Wildman–Crippen MR) is 97.2 cm³/mol. The maximum atomic E-state index is 13.3. The van der Waals surface area contributed by atoms with Crippen molar-refractivity contribution in [2.24, 2.45) is 5.10 Å². The van der Waals surface area contributed by atoms with Gasteiger partial charge in [0, 0.05) is 5.57 Å². The number of nitrogens with zero attached hydrogens (tertiary/aromatic N) is 1. The molecule has 1 aromatic carbocycles. The van der Waals surface area contributed by atoms with E-state index in [0.717, 1.165) is 6.08 Å². The molecule has 0 atom stereocenters. The van der Waals surface area contributed by atoms with Crippen molar-refractivity contribution in [2.75, 3.05) is 19.4 Å². The van der Waals surface area contributed by atoms with Crippen molar-refractivity contribution in [3.63, 3.8) is 0 Å². The number of hydrazone groups is 1. The summed E-state index contributed by atoms with van der Waals surface area (Å²) in [6.45, 7) is -0.284. The van der Waals surface area contributed by atoms with Crippen LogP contribution in [-0.2, 0) is 9.59 Å². The van der Waals surface area contributed by atoms with Crippen molar-refractivity contribution in [2.45, 2.75) is 6.42 Å². The van der Waals surface area contributed by atoms with Crippen molar-refractivity contribution in [1.82, 2.24) is 10.7 Å². The predicted octanol–water partition coefficient (Wildman–Crippen LogP) is 1.58. The molecule has 2 rings (SSSR count). The van der Waals surface area contributed by atoms with E-state index in [0.29, 0.717) is 17.0 Å². The van der Waals surface area contributed by atoms with E-state index in [1.54, 1.807) is 24.3 Å². The minimum Gasteiger partial charge on any atom is -0.495 e. The van der Waals surface area contributed by atoms with E-state index in [-0.39, 0.29) is 18.5 Å². The zero-order valence-corrected chi connectivity index (χ0v) is 14.2. The maximum absolute atomic E-state index is 13.3. The Morgan fingerprint density at radius 3 is 2.96 bits per heavy atom. The summed E-state index contributed by atoms with van der Waals surface area (Å²) in [6, 6.07) is 5.05. The van der Waals surface area contributed by atoms with Gasteiger partial charge in [0.2, 0.25) is 5.91 Å². The lowest BCUT2D eigenvalue weighted by atomic mass is 10.1. The highest BCUT2D eigenvalue weighted by molar-refractivity contribution is 5.96. The lowest BCUT2D eigenvalue weighted by Crippen LogP contribution is -2.35. The Hall–Kier alpha value is -3.42. The third kappa shape index (κ3) is 5.59. The standard InChI is InChI=1S/C18H19FN4O3/c1-26-16-7-6-12(8-15(16)20)10-22-23-17(24)11-21-18(25)13-4-2-3-5-14(19)9-13/h2-3,5-10H,4,11,20H2,1H3,(H,21,25)(H,23,24)/b22-10+. The normalized spacial score (nSPS) is 13.6. The number of nitrogens with one attached hydrogen (secondary N) is 2. The van der Waals surface area contributed by atoms with Gasteiger partial charge in [-0.05, 0) is 42.3 Å². The van der Waals surface area contributed by atoms with E-state index in [1.807, 2.05) is 0 Å².